The Kier molecular flexibility index (Phi) is 29.8. The van der Waals surface area contributed by atoms with Crippen LogP contribution in [0.4, 0.5) is 0 Å². The highest BCUT2D eigenvalue weighted by Gasteiger charge is 2.35. The van der Waals surface area contributed by atoms with Crippen LogP contribution in [0.2, 0.25) is 0 Å². The van der Waals surface area contributed by atoms with E-state index in [-0.39, 0.29) is 11.8 Å². The minimum absolute atomic E-state index is 0.259. The molecule has 0 aromatic rings. The van der Waals surface area contributed by atoms with Crippen molar-refractivity contribution in [3.63, 3.8) is 0 Å². The molecule has 0 aliphatic carbocycles. The Bertz CT molecular complexity index is 517. The molecule has 0 fully saturated rings. The number of hydrogen-bond donors (Lipinski definition) is 4. The van der Waals surface area contributed by atoms with Crippen molar-refractivity contribution >= 4 is 11.8 Å². The second-order valence-corrected chi connectivity index (χ2v) is 11.1. The van der Waals surface area contributed by atoms with E-state index in [1.807, 2.05) is 13.8 Å². The van der Waals surface area contributed by atoms with Crippen LogP contribution in [0.3, 0.4) is 0 Å². The summed E-state index contributed by atoms with van der Waals surface area (Å²) in [5.41, 5.74) is 11.1. The van der Waals surface area contributed by atoms with Gasteiger partial charge in [0, 0.05) is 26.3 Å². The average molecular weight is 571 g/mol. The van der Waals surface area contributed by atoms with Gasteiger partial charge in [-0.05, 0) is 51.6 Å². The summed E-state index contributed by atoms with van der Waals surface area (Å²) in [5, 5.41) is 5.84. The van der Waals surface area contributed by atoms with Crippen molar-refractivity contribution in [3.8, 4) is 0 Å². The van der Waals surface area contributed by atoms with Crippen LogP contribution in [-0.4, -0.2) is 63.4 Å². The summed E-state index contributed by atoms with van der Waals surface area (Å²) in [7, 11) is 0. The van der Waals surface area contributed by atoms with E-state index in [1.165, 1.54) is 64.2 Å². The van der Waals surface area contributed by atoms with E-state index in [0.29, 0.717) is 26.3 Å². The van der Waals surface area contributed by atoms with Crippen molar-refractivity contribution in [1.29, 1.82) is 0 Å². The molecule has 6 N–H and O–H groups in total. The average Bonchev–Trinajstić information content (AvgIpc) is 2.96. The number of nitrogens with one attached hydrogen (secondary N) is 2. The standard InChI is InChI=1S/C32H66N4O4/c1-3-25-35-31(37)29(39-27-21-17-13-9-5-7-11-15-19-23-33)30(32(38)36-26-4-2)40-28-22-18-14-10-6-8-12-16-20-24-34/h29-30H,3-28,33-34H2,1-2H3,(H,35,37)(H,36,38)/t29-,30-/m1/s1. The second kappa shape index (κ2) is 30.7. The Morgan fingerprint density at radius 3 is 1.05 bits per heavy atom. The summed E-state index contributed by atoms with van der Waals surface area (Å²) in [6, 6.07) is 0. The van der Waals surface area contributed by atoms with Crippen molar-refractivity contribution in [3.05, 3.63) is 0 Å². The quantitative estimate of drug-likeness (QED) is 0.0786. The first-order chi connectivity index (χ1) is 19.6. The number of hydrogen-bond acceptors (Lipinski definition) is 6. The molecule has 0 aliphatic rings. The fourth-order valence-corrected chi connectivity index (χ4v) is 4.69. The van der Waals surface area contributed by atoms with Crippen LogP contribution in [0.15, 0.2) is 0 Å². The van der Waals surface area contributed by atoms with Gasteiger partial charge in [0.2, 0.25) is 0 Å². The van der Waals surface area contributed by atoms with E-state index in [0.717, 1.165) is 77.3 Å². The van der Waals surface area contributed by atoms with Crippen LogP contribution in [0.25, 0.3) is 0 Å². The number of rotatable bonds is 31. The van der Waals surface area contributed by atoms with E-state index < -0.39 is 12.2 Å². The van der Waals surface area contributed by atoms with E-state index >= 15 is 0 Å². The summed E-state index contributed by atoms with van der Waals surface area (Å²) < 4.78 is 12.1. The molecular formula is C32H66N4O4. The van der Waals surface area contributed by atoms with Gasteiger partial charge in [-0.3, -0.25) is 9.59 Å². The zero-order valence-electron chi connectivity index (χ0n) is 26.3. The van der Waals surface area contributed by atoms with Gasteiger partial charge in [-0.1, -0.05) is 104 Å². The van der Waals surface area contributed by atoms with Crippen LogP contribution in [0, 0.1) is 0 Å². The number of amides is 2. The lowest BCUT2D eigenvalue weighted by molar-refractivity contribution is -0.157. The van der Waals surface area contributed by atoms with Gasteiger partial charge in [0.1, 0.15) is 0 Å². The highest BCUT2D eigenvalue weighted by Crippen LogP contribution is 2.14. The van der Waals surface area contributed by atoms with Crippen LogP contribution >= 0.6 is 0 Å². The van der Waals surface area contributed by atoms with Crippen LogP contribution in [0.1, 0.15) is 142 Å². The number of carbonyl (C=O) groups is 2. The largest absolute Gasteiger partial charge is 0.365 e. The Morgan fingerprint density at radius 2 is 0.775 bits per heavy atom. The summed E-state index contributed by atoms with van der Waals surface area (Å²) in [5.74, 6) is -0.517. The minimum Gasteiger partial charge on any atom is -0.365 e. The fraction of sp³-hybridized carbons (Fsp3) is 0.938. The first-order valence-electron chi connectivity index (χ1n) is 16.8. The Balaban J connectivity index is 4.61. The van der Waals surface area contributed by atoms with Crippen molar-refractivity contribution in [1.82, 2.24) is 10.6 Å². The lowest BCUT2D eigenvalue weighted by Crippen LogP contribution is -2.52. The van der Waals surface area contributed by atoms with Gasteiger partial charge in [0.05, 0.1) is 0 Å². The molecule has 2 atom stereocenters. The fourth-order valence-electron chi connectivity index (χ4n) is 4.69. The molecule has 0 rings (SSSR count). The predicted octanol–water partition coefficient (Wildman–Crippen LogP) is 5.75. The number of ether oxygens (including phenoxy) is 2. The number of unbranched alkanes of at least 4 members (excludes halogenated alkanes) is 16. The van der Waals surface area contributed by atoms with Crippen LogP contribution in [-0.2, 0) is 19.1 Å². The van der Waals surface area contributed by atoms with Crippen molar-refractivity contribution < 1.29 is 19.1 Å². The monoisotopic (exact) mass is 571 g/mol. The van der Waals surface area contributed by atoms with Gasteiger partial charge in [-0.2, -0.15) is 0 Å². The van der Waals surface area contributed by atoms with Crippen LogP contribution in [0.5, 0.6) is 0 Å². The Hall–Kier alpha value is -1.22. The molecule has 0 aromatic carbocycles. The summed E-state index contributed by atoms with van der Waals surface area (Å²) in [6.07, 6.45) is 20.8. The minimum atomic E-state index is -0.931. The molecule has 0 aliphatic heterocycles. The lowest BCUT2D eigenvalue weighted by Gasteiger charge is -2.26. The summed E-state index contributed by atoms with van der Waals surface area (Å²) in [6.45, 7) is 7.62. The normalized spacial score (nSPS) is 12.8. The molecule has 0 aromatic heterocycles. The van der Waals surface area contributed by atoms with Gasteiger partial charge in [-0.25, -0.2) is 0 Å². The van der Waals surface area contributed by atoms with E-state index in [2.05, 4.69) is 10.6 Å². The van der Waals surface area contributed by atoms with E-state index in [4.69, 9.17) is 20.9 Å². The second-order valence-electron chi connectivity index (χ2n) is 11.1. The first kappa shape index (κ1) is 38.8. The molecule has 0 radical (unpaired) electrons. The first-order valence-corrected chi connectivity index (χ1v) is 16.8. The van der Waals surface area contributed by atoms with Gasteiger partial charge in [0.15, 0.2) is 12.2 Å². The van der Waals surface area contributed by atoms with E-state index in [1.54, 1.807) is 0 Å². The summed E-state index contributed by atoms with van der Waals surface area (Å²) in [4.78, 5) is 26.1. The van der Waals surface area contributed by atoms with E-state index in [9.17, 15) is 9.59 Å². The van der Waals surface area contributed by atoms with Gasteiger partial charge < -0.3 is 31.6 Å². The molecule has 0 saturated carbocycles. The lowest BCUT2D eigenvalue weighted by atomic mass is 10.1. The molecule has 2 amide bonds. The molecule has 0 spiro atoms. The molecule has 8 heteroatoms. The molecule has 0 unspecified atom stereocenters. The summed E-state index contributed by atoms with van der Waals surface area (Å²) >= 11 is 0. The Morgan fingerprint density at radius 1 is 0.500 bits per heavy atom. The molecule has 8 nitrogen and oxygen atoms in total. The van der Waals surface area contributed by atoms with Crippen molar-refractivity contribution in [2.45, 2.75) is 154 Å². The van der Waals surface area contributed by atoms with Crippen molar-refractivity contribution in [2.24, 2.45) is 11.5 Å². The SMILES string of the molecule is CCCNC(=O)[C@H](OCCCCCCCCCCCN)[C@@H](OCCCCCCCCCCCN)C(=O)NCCC. The Labute approximate surface area is 246 Å². The third-order valence-electron chi connectivity index (χ3n) is 7.18. The maximum Gasteiger partial charge on any atom is 0.252 e. The van der Waals surface area contributed by atoms with Crippen molar-refractivity contribution in [2.75, 3.05) is 39.4 Å². The third kappa shape index (κ3) is 23.5. The molecule has 40 heavy (non-hydrogen) atoms. The highest BCUT2D eigenvalue weighted by atomic mass is 16.5. The highest BCUT2D eigenvalue weighted by molar-refractivity contribution is 5.91. The molecule has 0 bridgehead atoms. The smallest absolute Gasteiger partial charge is 0.252 e. The van der Waals surface area contributed by atoms with Crippen LogP contribution < -0.4 is 22.1 Å². The molecule has 238 valence electrons. The molecular weight excluding hydrogens is 504 g/mol. The molecule has 0 heterocycles. The number of nitrogens with two attached hydrogens (primary N) is 2. The molecule has 0 saturated heterocycles. The van der Waals surface area contributed by atoms with Gasteiger partial charge in [0.25, 0.3) is 11.8 Å². The van der Waals surface area contributed by atoms with Gasteiger partial charge >= 0.3 is 0 Å². The van der Waals surface area contributed by atoms with Gasteiger partial charge in [-0.15, -0.1) is 0 Å². The zero-order valence-corrected chi connectivity index (χ0v) is 26.3. The maximum atomic E-state index is 13.0. The third-order valence-corrected chi connectivity index (χ3v) is 7.18. The zero-order chi connectivity index (χ0) is 29.5. The maximum absolute atomic E-state index is 13.0. The predicted molar refractivity (Wildman–Crippen MR) is 167 cm³/mol. The number of carbonyl (C=O) groups excluding carboxylic acids is 2. The topological polar surface area (TPSA) is 129 Å².